The SMILES string of the molecule is O=C(CCNC(=O)c1ccc(Cl)c(Cl)c1)NN=Cc1ccc(Br)c([N+](=O)[O-])c1. The van der Waals surface area contributed by atoms with E-state index in [-0.39, 0.29) is 23.7 Å². The maximum absolute atomic E-state index is 12.0. The highest BCUT2D eigenvalue weighted by Crippen LogP contribution is 2.25. The Bertz CT molecular complexity index is 953. The summed E-state index contributed by atoms with van der Waals surface area (Å²) in [7, 11) is 0. The van der Waals surface area contributed by atoms with Crippen LogP contribution in [0.1, 0.15) is 22.3 Å². The number of nitro benzene ring substituents is 1. The number of benzene rings is 2. The number of hydrogen-bond acceptors (Lipinski definition) is 5. The lowest BCUT2D eigenvalue weighted by molar-refractivity contribution is -0.385. The van der Waals surface area contributed by atoms with Gasteiger partial charge in [0.15, 0.2) is 0 Å². The van der Waals surface area contributed by atoms with Gasteiger partial charge in [-0.2, -0.15) is 5.10 Å². The number of nitrogens with one attached hydrogen (secondary N) is 2. The van der Waals surface area contributed by atoms with Gasteiger partial charge >= 0.3 is 0 Å². The molecule has 146 valence electrons. The molecule has 2 aromatic rings. The third kappa shape index (κ3) is 6.29. The minimum absolute atomic E-state index is 0.00904. The van der Waals surface area contributed by atoms with Crippen molar-refractivity contribution < 1.29 is 14.5 Å². The molecule has 0 saturated heterocycles. The molecule has 0 aromatic heterocycles. The van der Waals surface area contributed by atoms with E-state index in [0.717, 1.165) is 0 Å². The van der Waals surface area contributed by atoms with Crippen molar-refractivity contribution in [2.24, 2.45) is 5.10 Å². The maximum atomic E-state index is 12.0. The van der Waals surface area contributed by atoms with E-state index in [1.54, 1.807) is 6.07 Å². The Kier molecular flexibility index (Phi) is 7.91. The van der Waals surface area contributed by atoms with Crippen LogP contribution in [0, 0.1) is 10.1 Å². The van der Waals surface area contributed by atoms with Gasteiger partial charge in [0.1, 0.15) is 0 Å². The number of hydrazone groups is 1. The summed E-state index contributed by atoms with van der Waals surface area (Å²) >= 11 is 14.7. The second-order valence-corrected chi connectivity index (χ2v) is 7.06. The number of halogens is 3. The number of amides is 2. The predicted octanol–water partition coefficient (Wildman–Crippen LogP) is 3.93. The molecule has 11 heteroatoms. The van der Waals surface area contributed by atoms with E-state index in [0.29, 0.717) is 20.6 Å². The van der Waals surface area contributed by atoms with Crippen LogP contribution < -0.4 is 10.7 Å². The fourth-order valence-corrected chi connectivity index (χ4v) is 2.70. The van der Waals surface area contributed by atoms with Crippen LogP contribution in [0.5, 0.6) is 0 Å². The van der Waals surface area contributed by atoms with Crippen molar-refractivity contribution >= 4 is 62.8 Å². The Hall–Kier alpha value is -2.49. The van der Waals surface area contributed by atoms with Crippen molar-refractivity contribution in [3.05, 3.63) is 72.2 Å². The van der Waals surface area contributed by atoms with E-state index in [1.165, 1.54) is 36.5 Å². The summed E-state index contributed by atoms with van der Waals surface area (Å²) in [6.07, 6.45) is 1.27. The van der Waals surface area contributed by atoms with Gasteiger partial charge < -0.3 is 5.32 Å². The number of hydrogen-bond donors (Lipinski definition) is 2. The minimum atomic E-state index is -0.531. The maximum Gasteiger partial charge on any atom is 0.284 e. The molecule has 0 unspecified atom stereocenters. The second-order valence-electron chi connectivity index (χ2n) is 5.40. The van der Waals surface area contributed by atoms with Crippen molar-refractivity contribution in [1.82, 2.24) is 10.7 Å². The van der Waals surface area contributed by atoms with Crippen LogP contribution in [-0.4, -0.2) is 29.5 Å². The molecule has 0 fully saturated rings. The number of rotatable bonds is 7. The predicted molar refractivity (Wildman–Crippen MR) is 110 cm³/mol. The van der Waals surface area contributed by atoms with Crippen molar-refractivity contribution in [1.29, 1.82) is 0 Å². The van der Waals surface area contributed by atoms with Gasteiger partial charge in [-0.15, -0.1) is 0 Å². The van der Waals surface area contributed by atoms with Crippen LogP contribution in [0.4, 0.5) is 5.69 Å². The summed E-state index contributed by atoms with van der Waals surface area (Å²) < 4.78 is 0.344. The van der Waals surface area contributed by atoms with Crippen LogP contribution in [-0.2, 0) is 4.79 Å². The Morgan fingerprint density at radius 2 is 1.93 bits per heavy atom. The third-order valence-electron chi connectivity index (χ3n) is 3.39. The summed E-state index contributed by atoms with van der Waals surface area (Å²) in [4.78, 5) is 34.1. The molecule has 0 aliphatic carbocycles. The first-order valence-corrected chi connectivity index (χ1v) is 9.32. The van der Waals surface area contributed by atoms with E-state index in [4.69, 9.17) is 23.2 Å². The number of carbonyl (C=O) groups is 2. The van der Waals surface area contributed by atoms with Gasteiger partial charge in [0.2, 0.25) is 5.91 Å². The molecule has 0 bridgehead atoms. The Morgan fingerprint density at radius 3 is 2.61 bits per heavy atom. The molecule has 8 nitrogen and oxygen atoms in total. The van der Waals surface area contributed by atoms with Crippen LogP contribution in [0.15, 0.2) is 46.0 Å². The van der Waals surface area contributed by atoms with Gasteiger partial charge in [-0.1, -0.05) is 29.3 Å². The molecular formula is C17H13BrCl2N4O4. The summed E-state index contributed by atoms with van der Waals surface area (Å²) in [6.45, 7) is 0.0875. The summed E-state index contributed by atoms with van der Waals surface area (Å²) in [6, 6.07) is 8.89. The first-order valence-electron chi connectivity index (χ1n) is 7.77. The zero-order valence-electron chi connectivity index (χ0n) is 14.1. The standard InChI is InChI=1S/C17H13BrCl2N4O4/c18-12-3-1-10(7-15(12)24(27)28)9-22-23-16(25)5-6-21-17(26)11-2-4-13(19)14(20)8-11/h1-4,7-9H,5-6H2,(H,21,26)(H,23,25). The molecule has 2 N–H and O–H groups in total. The summed E-state index contributed by atoms with van der Waals surface area (Å²) in [5, 5.41) is 17.8. The number of nitrogens with zero attached hydrogens (tertiary/aromatic N) is 2. The van der Waals surface area contributed by atoms with Gasteiger partial charge in [0, 0.05) is 30.2 Å². The highest BCUT2D eigenvalue weighted by atomic mass is 79.9. The largest absolute Gasteiger partial charge is 0.352 e. The zero-order valence-corrected chi connectivity index (χ0v) is 17.2. The molecular weight excluding hydrogens is 475 g/mol. The molecule has 2 aromatic carbocycles. The van der Waals surface area contributed by atoms with E-state index >= 15 is 0 Å². The van der Waals surface area contributed by atoms with Gasteiger partial charge in [0.05, 0.1) is 25.7 Å². The lowest BCUT2D eigenvalue weighted by Gasteiger charge is -2.05. The molecule has 0 aliphatic rings. The molecule has 0 heterocycles. The van der Waals surface area contributed by atoms with E-state index in [9.17, 15) is 19.7 Å². The minimum Gasteiger partial charge on any atom is -0.352 e. The van der Waals surface area contributed by atoms with Crippen LogP contribution in [0.3, 0.4) is 0 Å². The van der Waals surface area contributed by atoms with E-state index in [2.05, 4.69) is 31.8 Å². The van der Waals surface area contributed by atoms with Gasteiger partial charge in [0.25, 0.3) is 11.6 Å². The first-order chi connectivity index (χ1) is 13.3. The van der Waals surface area contributed by atoms with E-state index < -0.39 is 16.7 Å². The molecule has 28 heavy (non-hydrogen) atoms. The smallest absolute Gasteiger partial charge is 0.284 e. The van der Waals surface area contributed by atoms with Crippen LogP contribution >= 0.6 is 39.1 Å². The molecule has 0 aliphatic heterocycles. The molecule has 2 rings (SSSR count). The number of carbonyl (C=O) groups excluding carboxylic acids is 2. The Morgan fingerprint density at radius 1 is 1.18 bits per heavy atom. The highest BCUT2D eigenvalue weighted by Gasteiger charge is 2.11. The lowest BCUT2D eigenvalue weighted by Crippen LogP contribution is -2.29. The lowest BCUT2D eigenvalue weighted by atomic mass is 10.2. The molecule has 0 radical (unpaired) electrons. The average molecular weight is 488 g/mol. The summed E-state index contributed by atoms with van der Waals surface area (Å²) in [5.41, 5.74) is 2.94. The molecule has 0 saturated carbocycles. The monoisotopic (exact) mass is 486 g/mol. The average Bonchev–Trinajstić information content (AvgIpc) is 2.65. The second kappa shape index (κ2) is 10.2. The normalized spacial score (nSPS) is 10.7. The van der Waals surface area contributed by atoms with Crippen molar-refractivity contribution in [2.75, 3.05) is 6.54 Å². The molecule has 2 amide bonds. The third-order valence-corrected chi connectivity index (χ3v) is 4.80. The molecule has 0 spiro atoms. The first kappa shape index (κ1) is 21.8. The Labute approximate surface area is 178 Å². The van der Waals surface area contributed by atoms with Crippen LogP contribution in [0.2, 0.25) is 10.0 Å². The van der Waals surface area contributed by atoms with Gasteiger partial charge in [-0.3, -0.25) is 19.7 Å². The topological polar surface area (TPSA) is 114 Å². The van der Waals surface area contributed by atoms with Gasteiger partial charge in [-0.25, -0.2) is 5.43 Å². The van der Waals surface area contributed by atoms with Crippen molar-refractivity contribution in [3.8, 4) is 0 Å². The van der Waals surface area contributed by atoms with Crippen molar-refractivity contribution in [3.63, 3.8) is 0 Å². The molecule has 0 atom stereocenters. The summed E-state index contributed by atoms with van der Waals surface area (Å²) in [5.74, 6) is -0.825. The van der Waals surface area contributed by atoms with Gasteiger partial charge in [-0.05, 0) is 40.2 Å². The zero-order chi connectivity index (χ0) is 20.7. The van der Waals surface area contributed by atoms with Crippen molar-refractivity contribution in [2.45, 2.75) is 6.42 Å². The van der Waals surface area contributed by atoms with E-state index in [1.807, 2.05) is 0 Å². The fourth-order valence-electron chi connectivity index (χ4n) is 2.01. The Balaban J connectivity index is 1.80. The highest BCUT2D eigenvalue weighted by molar-refractivity contribution is 9.10. The fraction of sp³-hybridized carbons (Fsp3) is 0.118. The quantitative estimate of drug-likeness (QED) is 0.349. The number of nitro groups is 1. The van der Waals surface area contributed by atoms with Crippen LogP contribution in [0.25, 0.3) is 0 Å².